The van der Waals surface area contributed by atoms with E-state index >= 15 is 0 Å². The Morgan fingerprint density at radius 2 is 1.80 bits per heavy atom. The molecule has 0 atom stereocenters. The van der Waals surface area contributed by atoms with E-state index in [-0.39, 0.29) is 18.1 Å². The molecule has 0 bridgehead atoms. The Morgan fingerprint density at radius 3 is 2.48 bits per heavy atom. The quantitative estimate of drug-likeness (QED) is 0.779. The van der Waals surface area contributed by atoms with Crippen LogP contribution < -0.4 is 0 Å². The van der Waals surface area contributed by atoms with Crippen LogP contribution in [0.1, 0.15) is 16.7 Å². The van der Waals surface area contributed by atoms with Gasteiger partial charge < -0.3 is 9.80 Å². The number of amides is 1. The second-order valence-electron chi connectivity index (χ2n) is 6.24. The van der Waals surface area contributed by atoms with E-state index in [1.807, 2.05) is 31.1 Å². The fourth-order valence-electron chi connectivity index (χ4n) is 2.51. The van der Waals surface area contributed by atoms with Crippen molar-refractivity contribution in [3.8, 4) is 6.07 Å². The second kappa shape index (κ2) is 8.95. The van der Waals surface area contributed by atoms with E-state index < -0.39 is 0 Å². The molecule has 0 saturated heterocycles. The van der Waals surface area contributed by atoms with Gasteiger partial charge in [-0.25, -0.2) is 4.39 Å². The summed E-state index contributed by atoms with van der Waals surface area (Å²) >= 11 is 0. The number of hydrogen-bond acceptors (Lipinski definition) is 3. The van der Waals surface area contributed by atoms with E-state index in [0.29, 0.717) is 24.2 Å². The Kier molecular flexibility index (Phi) is 6.67. The fraction of sp³-hybridized carbons (Fsp3) is 0.300. The van der Waals surface area contributed by atoms with Gasteiger partial charge in [-0.1, -0.05) is 24.3 Å². The molecule has 2 aromatic rings. The number of nitrogens with zero attached hydrogens (tertiary/aromatic N) is 3. The number of rotatable bonds is 7. The summed E-state index contributed by atoms with van der Waals surface area (Å²) in [6.45, 7) is 1.72. The van der Waals surface area contributed by atoms with Gasteiger partial charge in [-0.15, -0.1) is 0 Å². The van der Waals surface area contributed by atoms with Crippen LogP contribution in [0.25, 0.3) is 0 Å². The minimum atomic E-state index is -0.341. The van der Waals surface area contributed by atoms with E-state index in [2.05, 4.69) is 6.07 Å². The smallest absolute Gasteiger partial charge is 0.227 e. The molecule has 0 aliphatic rings. The largest absolute Gasteiger partial charge is 0.337 e. The summed E-state index contributed by atoms with van der Waals surface area (Å²) in [6.07, 6.45) is 0.156. The van der Waals surface area contributed by atoms with Crippen molar-refractivity contribution in [2.24, 2.45) is 0 Å². The van der Waals surface area contributed by atoms with Crippen LogP contribution in [0.15, 0.2) is 48.5 Å². The Hall–Kier alpha value is -2.71. The molecule has 0 saturated carbocycles. The molecule has 0 spiro atoms. The van der Waals surface area contributed by atoms with E-state index in [9.17, 15) is 9.18 Å². The standard InChI is InChI=1S/C20H22FN3O/c1-23(2)9-10-24(15-18-7-3-6-17(11-18)14-22)20(25)13-16-5-4-8-19(21)12-16/h3-8,11-12H,9-10,13,15H2,1-2H3. The number of likely N-dealkylation sites (N-methyl/N-ethyl adjacent to an activating group) is 1. The maximum absolute atomic E-state index is 13.3. The molecule has 4 nitrogen and oxygen atoms in total. The van der Waals surface area contributed by atoms with Crippen molar-refractivity contribution in [1.82, 2.24) is 9.80 Å². The molecule has 0 aromatic heterocycles. The van der Waals surface area contributed by atoms with Gasteiger partial charge >= 0.3 is 0 Å². The minimum Gasteiger partial charge on any atom is -0.337 e. The highest BCUT2D eigenvalue weighted by Crippen LogP contribution is 2.11. The van der Waals surface area contributed by atoms with Gasteiger partial charge in [-0.05, 0) is 49.5 Å². The summed E-state index contributed by atoms with van der Waals surface area (Å²) in [5.74, 6) is -0.401. The third-order valence-electron chi connectivity index (χ3n) is 3.84. The number of carbonyl (C=O) groups excluding carboxylic acids is 1. The zero-order valence-corrected chi connectivity index (χ0v) is 14.6. The molecule has 5 heteroatoms. The van der Waals surface area contributed by atoms with Gasteiger partial charge in [0.25, 0.3) is 0 Å². The van der Waals surface area contributed by atoms with Crippen molar-refractivity contribution in [2.45, 2.75) is 13.0 Å². The summed E-state index contributed by atoms with van der Waals surface area (Å²) in [7, 11) is 3.90. The zero-order valence-electron chi connectivity index (χ0n) is 14.6. The molecular weight excluding hydrogens is 317 g/mol. The van der Waals surface area contributed by atoms with Crippen LogP contribution in [0.4, 0.5) is 4.39 Å². The first-order valence-electron chi connectivity index (χ1n) is 8.14. The normalized spacial score (nSPS) is 10.5. The van der Waals surface area contributed by atoms with Crippen LogP contribution >= 0.6 is 0 Å². The third kappa shape index (κ3) is 6.02. The highest BCUT2D eigenvalue weighted by Gasteiger charge is 2.15. The van der Waals surface area contributed by atoms with Gasteiger partial charge in [-0.2, -0.15) is 5.26 Å². The van der Waals surface area contributed by atoms with Gasteiger partial charge in [0, 0.05) is 19.6 Å². The molecule has 0 aliphatic heterocycles. The Balaban J connectivity index is 2.13. The molecular formula is C20H22FN3O. The molecule has 0 heterocycles. The summed E-state index contributed by atoms with van der Waals surface area (Å²) in [5, 5.41) is 9.03. The van der Waals surface area contributed by atoms with Crippen molar-refractivity contribution >= 4 is 5.91 Å². The first-order valence-corrected chi connectivity index (χ1v) is 8.14. The minimum absolute atomic E-state index is 0.0604. The second-order valence-corrected chi connectivity index (χ2v) is 6.24. The lowest BCUT2D eigenvalue weighted by molar-refractivity contribution is -0.131. The predicted octanol–water partition coefficient (Wildman–Crippen LogP) is 2.83. The highest BCUT2D eigenvalue weighted by atomic mass is 19.1. The maximum atomic E-state index is 13.3. The topological polar surface area (TPSA) is 47.3 Å². The average molecular weight is 339 g/mol. The van der Waals surface area contributed by atoms with Crippen LogP contribution in [-0.2, 0) is 17.8 Å². The lowest BCUT2D eigenvalue weighted by Gasteiger charge is -2.25. The zero-order chi connectivity index (χ0) is 18.2. The Labute approximate surface area is 148 Å². The van der Waals surface area contributed by atoms with Gasteiger partial charge in [0.15, 0.2) is 0 Å². The van der Waals surface area contributed by atoms with Gasteiger partial charge in [0.1, 0.15) is 5.82 Å². The van der Waals surface area contributed by atoms with Crippen molar-refractivity contribution in [2.75, 3.05) is 27.2 Å². The van der Waals surface area contributed by atoms with Crippen LogP contribution in [0.3, 0.4) is 0 Å². The van der Waals surface area contributed by atoms with Crippen LogP contribution in [0, 0.1) is 17.1 Å². The number of nitriles is 1. The molecule has 1 amide bonds. The summed E-state index contributed by atoms with van der Waals surface area (Å²) in [4.78, 5) is 16.5. The van der Waals surface area contributed by atoms with Crippen LogP contribution in [0.5, 0.6) is 0 Å². The first kappa shape index (κ1) is 18.6. The molecule has 0 aliphatic carbocycles. The predicted molar refractivity (Wildman–Crippen MR) is 95.2 cm³/mol. The van der Waals surface area contributed by atoms with Gasteiger partial charge in [0.05, 0.1) is 18.1 Å². The van der Waals surface area contributed by atoms with Crippen LogP contribution in [-0.4, -0.2) is 42.9 Å². The monoisotopic (exact) mass is 339 g/mol. The third-order valence-corrected chi connectivity index (χ3v) is 3.84. The molecule has 2 aromatic carbocycles. The van der Waals surface area contributed by atoms with Gasteiger partial charge in [-0.3, -0.25) is 4.79 Å². The average Bonchev–Trinajstić information content (AvgIpc) is 2.58. The first-order chi connectivity index (χ1) is 12.0. The van der Waals surface area contributed by atoms with Gasteiger partial charge in [0.2, 0.25) is 5.91 Å². The van der Waals surface area contributed by atoms with Crippen molar-refractivity contribution < 1.29 is 9.18 Å². The van der Waals surface area contributed by atoms with E-state index in [0.717, 1.165) is 12.1 Å². The summed E-state index contributed by atoms with van der Waals surface area (Å²) in [6, 6.07) is 15.5. The van der Waals surface area contributed by atoms with Crippen molar-refractivity contribution in [3.05, 3.63) is 71.0 Å². The Morgan fingerprint density at radius 1 is 1.08 bits per heavy atom. The molecule has 25 heavy (non-hydrogen) atoms. The highest BCUT2D eigenvalue weighted by molar-refractivity contribution is 5.78. The fourth-order valence-corrected chi connectivity index (χ4v) is 2.51. The van der Waals surface area contributed by atoms with E-state index in [1.165, 1.54) is 12.1 Å². The lowest BCUT2D eigenvalue weighted by Crippen LogP contribution is -2.37. The molecule has 0 fully saturated rings. The Bertz CT molecular complexity index is 768. The summed E-state index contributed by atoms with van der Waals surface area (Å²) in [5.41, 5.74) is 2.14. The molecule has 0 radical (unpaired) electrons. The molecule has 0 unspecified atom stereocenters. The molecule has 130 valence electrons. The number of carbonyl (C=O) groups is 1. The van der Waals surface area contributed by atoms with Crippen molar-refractivity contribution in [1.29, 1.82) is 5.26 Å². The maximum Gasteiger partial charge on any atom is 0.227 e. The van der Waals surface area contributed by atoms with E-state index in [4.69, 9.17) is 5.26 Å². The number of halogens is 1. The molecule has 0 N–H and O–H groups in total. The van der Waals surface area contributed by atoms with Crippen molar-refractivity contribution in [3.63, 3.8) is 0 Å². The number of hydrogen-bond donors (Lipinski definition) is 0. The molecule has 2 rings (SSSR count). The number of benzene rings is 2. The lowest BCUT2D eigenvalue weighted by atomic mass is 10.1. The van der Waals surface area contributed by atoms with E-state index in [1.54, 1.807) is 29.2 Å². The SMILES string of the molecule is CN(C)CCN(Cc1cccc(C#N)c1)C(=O)Cc1cccc(F)c1. The summed E-state index contributed by atoms with van der Waals surface area (Å²) < 4.78 is 13.3. The van der Waals surface area contributed by atoms with Crippen LogP contribution in [0.2, 0.25) is 0 Å².